The minimum absolute atomic E-state index is 0.0160. The van der Waals surface area contributed by atoms with Gasteiger partial charge in [-0.25, -0.2) is 0 Å². The van der Waals surface area contributed by atoms with E-state index >= 15 is 0 Å². The summed E-state index contributed by atoms with van der Waals surface area (Å²) < 4.78 is 0. The first-order valence-corrected chi connectivity index (χ1v) is 11.5. The van der Waals surface area contributed by atoms with Crippen LogP contribution in [0.25, 0.3) is 0 Å². The van der Waals surface area contributed by atoms with Gasteiger partial charge in [0.2, 0.25) is 11.8 Å². The number of nitrogens with zero attached hydrogens (tertiary/aromatic N) is 3. The molecule has 2 N–H and O–H groups in total. The molecule has 30 heavy (non-hydrogen) atoms. The van der Waals surface area contributed by atoms with E-state index in [2.05, 4.69) is 25.7 Å². The van der Waals surface area contributed by atoms with Crippen molar-refractivity contribution in [1.29, 1.82) is 0 Å². The summed E-state index contributed by atoms with van der Waals surface area (Å²) in [7, 11) is 0. The zero-order valence-corrected chi connectivity index (χ0v) is 18.5. The molecule has 0 saturated carbocycles. The minimum Gasteiger partial charge on any atom is -0.356 e. The van der Waals surface area contributed by atoms with Gasteiger partial charge in [-0.05, 0) is 55.7 Å². The average molecular weight is 448 g/mol. The Morgan fingerprint density at radius 3 is 2.70 bits per heavy atom. The van der Waals surface area contributed by atoms with Crippen LogP contribution in [0.2, 0.25) is 5.02 Å². The SMILES string of the molecule is CCCNC(=O)[C@@H]1CCCN(c2ccc(SCC(=O)Nc3ccc(Cl)cc3)nn2)C1. The Bertz CT molecular complexity index is 847. The van der Waals surface area contributed by atoms with Crippen LogP contribution < -0.4 is 15.5 Å². The van der Waals surface area contributed by atoms with Crippen LogP contribution >= 0.6 is 23.4 Å². The number of nitrogens with one attached hydrogen (secondary N) is 2. The molecule has 1 aromatic carbocycles. The Hall–Kier alpha value is -2.32. The van der Waals surface area contributed by atoms with E-state index in [1.165, 1.54) is 11.8 Å². The van der Waals surface area contributed by atoms with Crippen molar-refractivity contribution in [1.82, 2.24) is 15.5 Å². The van der Waals surface area contributed by atoms with E-state index < -0.39 is 0 Å². The second-order valence-corrected chi connectivity index (χ2v) is 8.58. The number of hydrogen-bond donors (Lipinski definition) is 2. The quantitative estimate of drug-likeness (QED) is 0.601. The largest absolute Gasteiger partial charge is 0.356 e. The van der Waals surface area contributed by atoms with Crippen LogP contribution in [0.5, 0.6) is 0 Å². The Labute approximate surface area is 186 Å². The summed E-state index contributed by atoms with van der Waals surface area (Å²) in [6.07, 6.45) is 2.79. The number of amides is 2. The Morgan fingerprint density at radius 2 is 2.00 bits per heavy atom. The Balaban J connectivity index is 1.48. The van der Waals surface area contributed by atoms with E-state index in [0.717, 1.165) is 31.6 Å². The number of thioether (sulfide) groups is 1. The molecule has 1 aromatic heterocycles. The van der Waals surface area contributed by atoms with Crippen LogP contribution in [0.3, 0.4) is 0 Å². The number of rotatable bonds is 8. The number of benzene rings is 1. The summed E-state index contributed by atoms with van der Waals surface area (Å²) in [6, 6.07) is 10.7. The summed E-state index contributed by atoms with van der Waals surface area (Å²) in [5.74, 6) is 0.981. The smallest absolute Gasteiger partial charge is 0.234 e. The monoisotopic (exact) mass is 447 g/mol. The van der Waals surface area contributed by atoms with Gasteiger partial charge in [-0.15, -0.1) is 10.2 Å². The molecule has 1 aliphatic rings. The van der Waals surface area contributed by atoms with Gasteiger partial charge in [0.05, 0.1) is 11.7 Å². The van der Waals surface area contributed by atoms with E-state index in [4.69, 9.17) is 11.6 Å². The second kappa shape index (κ2) is 11.2. The molecule has 2 amide bonds. The molecule has 2 aromatic rings. The highest BCUT2D eigenvalue weighted by molar-refractivity contribution is 7.99. The third kappa shape index (κ3) is 6.60. The molecular weight excluding hydrogens is 422 g/mol. The van der Waals surface area contributed by atoms with Crippen LogP contribution in [0.4, 0.5) is 11.5 Å². The lowest BCUT2D eigenvalue weighted by atomic mass is 9.97. The topological polar surface area (TPSA) is 87.2 Å². The van der Waals surface area contributed by atoms with Crippen molar-refractivity contribution in [2.45, 2.75) is 31.2 Å². The van der Waals surface area contributed by atoms with E-state index in [1.807, 2.05) is 19.1 Å². The molecule has 3 rings (SSSR count). The fraction of sp³-hybridized carbons (Fsp3) is 0.429. The molecule has 9 heteroatoms. The normalized spacial score (nSPS) is 16.2. The Kier molecular flexibility index (Phi) is 8.33. The van der Waals surface area contributed by atoms with Crippen LogP contribution in [0.15, 0.2) is 41.4 Å². The first kappa shape index (κ1) is 22.4. The maximum atomic E-state index is 12.3. The van der Waals surface area contributed by atoms with Gasteiger partial charge in [0.15, 0.2) is 5.82 Å². The van der Waals surface area contributed by atoms with Crippen molar-refractivity contribution in [3.05, 3.63) is 41.4 Å². The molecule has 0 spiro atoms. The molecule has 1 saturated heterocycles. The number of carbonyl (C=O) groups excluding carboxylic acids is 2. The number of piperidine rings is 1. The van der Waals surface area contributed by atoms with Crippen LogP contribution in [-0.2, 0) is 9.59 Å². The van der Waals surface area contributed by atoms with E-state index in [0.29, 0.717) is 28.8 Å². The summed E-state index contributed by atoms with van der Waals surface area (Å²) in [4.78, 5) is 26.5. The summed E-state index contributed by atoms with van der Waals surface area (Å²) in [5, 5.41) is 15.6. The van der Waals surface area contributed by atoms with Crippen molar-refractivity contribution in [2.24, 2.45) is 5.92 Å². The van der Waals surface area contributed by atoms with Gasteiger partial charge < -0.3 is 15.5 Å². The maximum Gasteiger partial charge on any atom is 0.234 e. The van der Waals surface area contributed by atoms with Gasteiger partial charge >= 0.3 is 0 Å². The molecule has 0 unspecified atom stereocenters. The molecule has 1 atom stereocenters. The fourth-order valence-electron chi connectivity index (χ4n) is 3.22. The predicted molar refractivity (Wildman–Crippen MR) is 121 cm³/mol. The van der Waals surface area contributed by atoms with Crippen LogP contribution in [-0.4, -0.2) is 47.4 Å². The molecule has 1 aliphatic heterocycles. The lowest BCUT2D eigenvalue weighted by Gasteiger charge is -2.32. The zero-order chi connectivity index (χ0) is 21.3. The number of anilines is 2. The van der Waals surface area contributed by atoms with Crippen molar-refractivity contribution < 1.29 is 9.59 Å². The summed E-state index contributed by atoms with van der Waals surface area (Å²) in [5.41, 5.74) is 0.703. The third-order valence-electron chi connectivity index (χ3n) is 4.77. The lowest BCUT2D eigenvalue weighted by molar-refractivity contribution is -0.125. The third-order valence-corrected chi connectivity index (χ3v) is 5.94. The van der Waals surface area contributed by atoms with Gasteiger partial charge in [0, 0.05) is 30.3 Å². The number of aromatic nitrogens is 2. The van der Waals surface area contributed by atoms with Gasteiger partial charge in [-0.1, -0.05) is 30.3 Å². The predicted octanol–water partition coefficient (Wildman–Crippen LogP) is 3.60. The maximum absolute atomic E-state index is 12.3. The van der Waals surface area contributed by atoms with Crippen molar-refractivity contribution in [3.8, 4) is 0 Å². The van der Waals surface area contributed by atoms with E-state index in [9.17, 15) is 9.59 Å². The molecular formula is C21H26ClN5O2S. The Morgan fingerprint density at radius 1 is 1.20 bits per heavy atom. The fourth-order valence-corrected chi connectivity index (χ4v) is 3.96. The highest BCUT2D eigenvalue weighted by Crippen LogP contribution is 2.23. The molecule has 0 radical (unpaired) electrons. The van der Waals surface area contributed by atoms with E-state index in [-0.39, 0.29) is 23.5 Å². The minimum atomic E-state index is -0.120. The van der Waals surface area contributed by atoms with Crippen molar-refractivity contribution >= 4 is 46.7 Å². The molecule has 160 valence electrons. The van der Waals surface area contributed by atoms with Gasteiger partial charge in [0.1, 0.15) is 5.03 Å². The first-order valence-electron chi connectivity index (χ1n) is 10.1. The van der Waals surface area contributed by atoms with Crippen molar-refractivity contribution in [2.75, 3.05) is 35.6 Å². The van der Waals surface area contributed by atoms with Gasteiger partial charge in [0.25, 0.3) is 0 Å². The zero-order valence-electron chi connectivity index (χ0n) is 16.9. The molecule has 0 aliphatic carbocycles. The molecule has 1 fully saturated rings. The molecule has 7 nitrogen and oxygen atoms in total. The van der Waals surface area contributed by atoms with E-state index in [1.54, 1.807) is 24.3 Å². The van der Waals surface area contributed by atoms with Crippen LogP contribution in [0.1, 0.15) is 26.2 Å². The van der Waals surface area contributed by atoms with Gasteiger partial charge in [-0.3, -0.25) is 9.59 Å². The first-order chi connectivity index (χ1) is 14.5. The van der Waals surface area contributed by atoms with Crippen molar-refractivity contribution in [3.63, 3.8) is 0 Å². The van der Waals surface area contributed by atoms with Gasteiger partial charge in [-0.2, -0.15) is 0 Å². The number of hydrogen-bond acceptors (Lipinski definition) is 6. The number of halogens is 1. The highest BCUT2D eigenvalue weighted by Gasteiger charge is 2.26. The second-order valence-electron chi connectivity index (χ2n) is 7.15. The summed E-state index contributed by atoms with van der Waals surface area (Å²) in [6.45, 7) is 4.28. The highest BCUT2D eigenvalue weighted by atomic mass is 35.5. The summed E-state index contributed by atoms with van der Waals surface area (Å²) >= 11 is 7.17. The van der Waals surface area contributed by atoms with Crippen LogP contribution in [0, 0.1) is 5.92 Å². The molecule has 0 bridgehead atoms. The lowest BCUT2D eigenvalue weighted by Crippen LogP contribution is -2.43. The average Bonchev–Trinajstić information content (AvgIpc) is 2.78. The number of carbonyl (C=O) groups is 2. The molecule has 2 heterocycles. The standard InChI is InChI=1S/C21H26ClN5O2S/c1-2-11-23-21(29)15-4-3-12-27(13-15)18-9-10-20(26-25-18)30-14-19(28)24-17-7-5-16(22)6-8-17/h5-10,15H,2-4,11-14H2,1H3,(H,23,29)(H,24,28)/t15-/m1/s1.